The normalized spacial score (nSPS) is 21.8. The molecule has 1 aliphatic heterocycles. The number of piperazine rings is 1. The molecule has 1 aromatic rings. The zero-order valence-corrected chi connectivity index (χ0v) is 9.57. The fraction of sp³-hybridized carbons (Fsp3) is 0.231. The summed E-state index contributed by atoms with van der Waals surface area (Å²) in [6.45, 7) is 2.54. The number of allylic oxidation sites excluding steroid dienone is 1. The number of nitrogens with one attached hydrogen (secondary N) is 2. The zero-order chi connectivity index (χ0) is 12.3. The first kappa shape index (κ1) is 11.4. The second-order valence-electron chi connectivity index (χ2n) is 4.04. The highest BCUT2D eigenvalue weighted by atomic mass is 16.2. The Hall–Kier alpha value is -2.10. The lowest BCUT2D eigenvalue weighted by Gasteiger charge is -2.23. The summed E-state index contributed by atoms with van der Waals surface area (Å²) >= 11 is 0. The van der Waals surface area contributed by atoms with Gasteiger partial charge in [0.1, 0.15) is 5.70 Å². The average Bonchev–Trinajstić information content (AvgIpc) is 2.34. The van der Waals surface area contributed by atoms with Crippen LogP contribution in [0, 0.1) is 0 Å². The van der Waals surface area contributed by atoms with Crippen molar-refractivity contribution in [1.82, 2.24) is 10.6 Å². The van der Waals surface area contributed by atoms with E-state index in [0.29, 0.717) is 17.8 Å². The summed E-state index contributed by atoms with van der Waals surface area (Å²) in [5.41, 5.74) is 0.908. The lowest BCUT2D eigenvalue weighted by Crippen LogP contribution is -2.49. The van der Waals surface area contributed by atoms with E-state index in [1.54, 1.807) is 24.3 Å². The number of carbonyl (C=O) groups is 2. The van der Waals surface area contributed by atoms with Crippen molar-refractivity contribution in [3.63, 3.8) is 0 Å². The van der Waals surface area contributed by atoms with Crippen LogP contribution in [0.5, 0.6) is 0 Å². The van der Waals surface area contributed by atoms with Crippen LogP contribution in [-0.4, -0.2) is 24.3 Å². The van der Waals surface area contributed by atoms with Gasteiger partial charge in [0.15, 0.2) is 5.78 Å². The molecular weight excluding hydrogens is 216 g/mol. The molecular formula is C13H14N2O2. The molecule has 1 fully saturated rings. The molecule has 88 valence electrons. The van der Waals surface area contributed by atoms with Crippen molar-refractivity contribution in [2.45, 2.75) is 13.0 Å². The van der Waals surface area contributed by atoms with E-state index >= 15 is 0 Å². The van der Waals surface area contributed by atoms with Crippen molar-refractivity contribution in [1.29, 1.82) is 0 Å². The Bertz CT molecular complexity index is 466. The van der Waals surface area contributed by atoms with Crippen LogP contribution in [-0.2, 0) is 4.79 Å². The maximum absolute atomic E-state index is 11.8. The van der Waals surface area contributed by atoms with E-state index in [0.717, 1.165) is 0 Å². The molecule has 0 bridgehead atoms. The fourth-order valence-electron chi connectivity index (χ4n) is 1.63. The highest BCUT2D eigenvalue weighted by Gasteiger charge is 2.19. The van der Waals surface area contributed by atoms with E-state index in [1.165, 1.54) is 6.08 Å². The standard InChI is InChI=1S/C13H14N2O2/c1-9-8-14-11(13(17)15-9)7-12(16)10-5-3-2-4-6-10/h2-7,9,14H,8H2,1H3,(H,15,17)/b11-7+. The van der Waals surface area contributed by atoms with Gasteiger partial charge in [0.05, 0.1) is 0 Å². The van der Waals surface area contributed by atoms with Gasteiger partial charge in [-0.05, 0) is 6.92 Å². The van der Waals surface area contributed by atoms with Gasteiger partial charge in [0, 0.05) is 24.2 Å². The number of benzene rings is 1. The Morgan fingerprint density at radius 2 is 2.06 bits per heavy atom. The Labute approximate surface area is 99.7 Å². The van der Waals surface area contributed by atoms with E-state index in [1.807, 2.05) is 13.0 Å². The Morgan fingerprint density at radius 1 is 1.35 bits per heavy atom. The number of hydrogen-bond donors (Lipinski definition) is 2. The molecule has 4 nitrogen and oxygen atoms in total. The van der Waals surface area contributed by atoms with Gasteiger partial charge in [-0.15, -0.1) is 0 Å². The van der Waals surface area contributed by atoms with E-state index in [4.69, 9.17) is 0 Å². The molecule has 0 aromatic heterocycles. The maximum atomic E-state index is 11.8. The lowest BCUT2D eigenvalue weighted by molar-refractivity contribution is -0.119. The van der Waals surface area contributed by atoms with Crippen LogP contribution < -0.4 is 10.6 Å². The van der Waals surface area contributed by atoms with Crippen LogP contribution in [0.1, 0.15) is 17.3 Å². The highest BCUT2D eigenvalue weighted by Crippen LogP contribution is 2.05. The predicted molar refractivity (Wildman–Crippen MR) is 64.5 cm³/mol. The van der Waals surface area contributed by atoms with Gasteiger partial charge < -0.3 is 10.6 Å². The minimum absolute atomic E-state index is 0.0893. The first-order chi connectivity index (χ1) is 8.16. The molecule has 4 heteroatoms. The third-order valence-corrected chi connectivity index (χ3v) is 2.55. The van der Waals surface area contributed by atoms with Crippen LogP contribution in [0.25, 0.3) is 0 Å². The van der Waals surface area contributed by atoms with Gasteiger partial charge in [0.2, 0.25) is 0 Å². The van der Waals surface area contributed by atoms with Crippen LogP contribution in [0.15, 0.2) is 42.1 Å². The number of rotatable bonds is 2. The van der Waals surface area contributed by atoms with E-state index < -0.39 is 0 Å². The molecule has 1 saturated heterocycles. The number of hydrogen-bond acceptors (Lipinski definition) is 3. The molecule has 1 amide bonds. The van der Waals surface area contributed by atoms with Crippen LogP contribution >= 0.6 is 0 Å². The van der Waals surface area contributed by atoms with Gasteiger partial charge in [0.25, 0.3) is 5.91 Å². The zero-order valence-electron chi connectivity index (χ0n) is 9.57. The molecule has 1 atom stereocenters. The SMILES string of the molecule is CC1CN/C(=C/C(=O)c2ccccc2)C(=O)N1. The lowest BCUT2D eigenvalue weighted by atomic mass is 10.1. The van der Waals surface area contributed by atoms with Gasteiger partial charge in [-0.2, -0.15) is 0 Å². The molecule has 1 aromatic carbocycles. The monoisotopic (exact) mass is 230 g/mol. The summed E-state index contributed by atoms with van der Waals surface area (Å²) in [5, 5.41) is 5.71. The Morgan fingerprint density at radius 3 is 2.71 bits per heavy atom. The average molecular weight is 230 g/mol. The second kappa shape index (κ2) is 4.82. The minimum Gasteiger partial charge on any atom is -0.378 e. The summed E-state index contributed by atoms with van der Waals surface area (Å²) in [5.74, 6) is -0.397. The van der Waals surface area contributed by atoms with Gasteiger partial charge in [-0.25, -0.2) is 0 Å². The van der Waals surface area contributed by atoms with Crippen molar-refractivity contribution in [3.05, 3.63) is 47.7 Å². The smallest absolute Gasteiger partial charge is 0.267 e. The van der Waals surface area contributed by atoms with Crippen molar-refractivity contribution >= 4 is 11.7 Å². The van der Waals surface area contributed by atoms with Crippen LogP contribution in [0.2, 0.25) is 0 Å². The highest BCUT2D eigenvalue weighted by molar-refractivity contribution is 6.09. The first-order valence-corrected chi connectivity index (χ1v) is 5.52. The molecule has 0 aliphatic carbocycles. The Balaban J connectivity index is 2.15. The topological polar surface area (TPSA) is 58.2 Å². The summed E-state index contributed by atoms with van der Waals surface area (Å²) in [7, 11) is 0. The van der Waals surface area contributed by atoms with Gasteiger partial charge in [-0.3, -0.25) is 9.59 Å². The third-order valence-electron chi connectivity index (χ3n) is 2.55. The molecule has 2 N–H and O–H groups in total. The van der Waals surface area contributed by atoms with Crippen molar-refractivity contribution < 1.29 is 9.59 Å². The third kappa shape index (κ3) is 2.72. The molecule has 1 unspecified atom stereocenters. The van der Waals surface area contributed by atoms with E-state index in [-0.39, 0.29) is 17.7 Å². The fourth-order valence-corrected chi connectivity index (χ4v) is 1.63. The predicted octanol–water partition coefficient (Wildman–Crippen LogP) is 0.861. The second-order valence-corrected chi connectivity index (χ2v) is 4.04. The minimum atomic E-state index is -0.229. The van der Waals surface area contributed by atoms with Crippen LogP contribution in [0.3, 0.4) is 0 Å². The summed E-state index contributed by atoms with van der Waals surface area (Å²) in [6, 6.07) is 8.97. The summed E-state index contributed by atoms with van der Waals surface area (Å²) in [6.07, 6.45) is 1.34. The Kier molecular flexibility index (Phi) is 3.23. The molecule has 0 saturated carbocycles. The van der Waals surface area contributed by atoms with E-state index in [9.17, 15) is 9.59 Å². The first-order valence-electron chi connectivity index (χ1n) is 5.52. The molecule has 2 rings (SSSR count). The van der Waals surface area contributed by atoms with Crippen LogP contribution in [0.4, 0.5) is 0 Å². The van der Waals surface area contributed by atoms with Gasteiger partial charge in [-0.1, -0.05) is 30.3 Å². The van der Waals surface area contributed by atoms with Gasteiger partial charge >= 0.3 is 0 Å². The molecule has 1 heterocycles. The molecule has 17 heavy (non-hydrogen) atoms. The summed E-state index contributed by atoms with van der Waals surface area (Å²) in [4.78, 5) is 23.4. The molecule has 1 aliphatic rings. The van der Waals surface area contributed by atoms with E-state index in [2.05, 4.69) is 10.6 Å². The molecule has 0 spiro atoms. The largest absolute Gasteiger partial charge is 0.378 e. The quantitative estimate of drug-likeness (QED) is 0.585. The van der Waals surface area contributed by atoms with Crippen molar-refractivity contribution in [3.8, 4) is 0 Å². The summed E-state index contributed by atoms with van der Waals surface area (Å²) < 4.78 is 0. The number of carbonyl (C=O) groups excluding carboxylic acids is 2. The van der Waals surface area contributed by atoms with Crippen molar-refractivity contribution in [2.24, 2.45) is 0 Å². The number of amides is 1. The number of ketones is 1. The van der Waals surface area contributed by atoms with Crippen molar-refractivity contribution in [2.75, 3.05) is 6.54 Å². The maximum Gasteiger partial charge on any atom is 0.267 e. The molecule has 0 radical (unpaired) electrons.